The van der Waals surface area contributed by atoms with Gasteiger partial charge in [-0.3, -0.25) is 4.79 Å². The first kappa shape index (κ1) is 9.00. The Balaban J connectivity index is 3.21. The van der Waals surface area contributed by atoms with Crippen molar-refractivity contribution in [1.82, 2.24) is 4.98 Å². The molecular formula is C8H9ClN2O. The van der Waals surface area contributed by atoms with E-state index in [2.05, 4.69) is 4.98 Å². The van der Waals surface area contributed by atoms with E-state index in [1.54, 1.807) is 11.0 Å². The van der Waals surface area contributed by atoms with E-state index in [-0.39, 0.29) is 0 Å². The Morgan fingerprint density at radius 2 is 2.25 bits per heavy atom. The zero-order valence-electron chi connectivity index (χ0n) is 6.91. The molecule has 0 unspecified atom stereocenters. The lowest BCUT2D eigenvalue weighted by atomic mass is 10.3. The van der Waals surface area contributed by atoms with Crippen molar-refractivity contribution >= 4 is 23.6 Å². The van der Waals surface area contributed by atoms with Gasteiger partial charge in [-0.2, -0.15) is 0 Å². The summed E-state index contributed by atoms with van der Waals surface area (Å²) in [6.45, 7) is 0. The number of carbonyl (C=O) groups is 1. The monoisotopic (exact) mass is 184 g/mol. The normalized spacial score (nSPS) is 9.58. The molecule has 1 aromatic rings. The van der Waals surface area contributed by atoms with E-state index in [0.29, 0.717) is 17.0 Å². The van der Waals surface area contributed by atoms with Gasteiger partial charge >= 0.3 is 0 Å². The fourth-order valence-corrected chi connectivity index (χ4v) is 1.04. The van der Waals surface area contributed by atoms with Gasteiger partial charge in [0.2, 0.25) is 0 Å². The van der Waals surface area contributed by atoms with E-state index in [1.807, 2.05) is 14.1 Å². The summed E-state index contributed by atoms with van der Waals surface area (Å²) in [5.41, 5.74) is 1.14. The van der Waals surface area contributed by atoms with Crippen molar-refractivity contribution in [2.45, 2.75) is 0 Å². The van der Waals surface area contributed by atoms with Gasteiger partial charge in [0.15, 0.2) is 6.29 Å². The maximum absolute atomic E-state index is 10.5. The van der Waals surface area contributed by atoms with E-state index < -0.39 is 0 Å². The van der Waals surface area contributed by atoms with Crippen molar-refractivity contribution in [3.05, 3.63) is 23.0 Å². The molecule has 12 heavy (non-hydrogen) atoms. The Kier molecular flexibility index (Phi) is 2.65. The second kappa shape index (κ2) is 3.54. The van der Waals surface area contributed by atoms with Crippen LogP contribution in [0.1, 0.15) is 10.5 Å². The standard InChI is InChI=1S/C8H9ClN2O/c1-11(2)8-3-6(9)4-10-7(8)5-12/h3-5H,1-2H3. The van der Waals surface area contributed by atoms with Crippen LogP contribution in [0.4, 0.5) is 5.69 Å². The molecule has 0 bridgehead atoms. The average Bonchev–Trinajstić information content (AvgIpc) is 2.04. The molecule has 0 fully saturated rings. The molecule has 1 rings (SSSR count). The third kappa shape index (κ3) is 1.74. The molecular weight excluding hydrogens is 176 g/mol. The molecule has 0 spiro atoms. The molecule has 4 heteroatoms. The van der Waals surface area contributed by atoms with Crippen LogP contribution in [0.3, 0.4) is 0 Å². The quantitative estimate of drug-likeness (QED) is 0.655. The van der Waals surface area contributed by atoms with Crippen LogP contribution < -0.4 is 4.90 Å². The number of carbonyl (C=O) groups excluding carboxylic acids is 1. The molecule has 0 atom stereocenters. The number of aromatic nitrogens is 1. The Morgan fingerprint density at radius 3 is 2.75 bits per heavy atom. The molecule has 0 aliphatic carbocycles. The summed E-state index contributed by atoms with van der Waals surface area (Å²) in [5, 5.41) is 0.532. The van der Waals surface area contributed by atoms with E-state index in [9.17, 15) is 4.79 Å². The molecule has 0 saturated carbocycles. The molecule has 64 valence electrons. The Bertz CT molecular complexity index is 299. The molecule has 0 saturated heterocycles. The summed E-state index contributed by atoms with van der Waals surface area (Å²) in [7, 11) is 3.67. The maximum atomic E-state index is 10.5. The fourth-order valence-electron chi connectivity index (χ4n) is 0.888. The topological polar surface area (TPSA) is 33.2 Å². The number of rotatable bonds is 2. The average molecular weight is 185 g/mol. The van der Waals surface area contributed by atoms with E-state index >= 15 is 0 Å². The highest BCUT2D eigenvalue weighted by atomic mass is 35.5. The number of halogens is 1. The fraction of sp³-hybridized carbons (Fsp3) is 0.250. The Hall–Kier alpha value is -1.09. The van der Waals surface area contributed by atoms with Crippen molar-refractivity contribution in [3.8, 4) is 0 Å². The third-order valence-corrected chi connectivity index (χ3v) is 1.66. The van der Waals surface area contributed by atoms with Crippen molar-refractivity contribution in [2.75, 3.05) is 19.0 Å². The summed E-state index contributed by atoms with van der Waals surface area (Å²) in [6.07, 6.45) is 2.17. The first-order valence-electron chi connectivity index (χ1n) is 3.43. The van der Waals surface area contributed by atoms with Gasteiger partial charge in [0.05, 0.1) is 10.7 Å². The van der Waals surface area contributed by atoms with E-state index in [4.69, 9.17) is 11.6 Å². The van der Waals surface area contributed by atoms with E-state index in [0.717, 1.165) is 5.69 Å². The highest BCUT2D eigenvalue weighted by Gasteiger charge is 2.04. The number of hydrogen-bond donors (Lipinski definition) is 0. The van der Waals surface area contributed by atoms with Crippen LogP contribution in [0.5, 0.6) is 0 Å². The third-order valence-electron chi connectivity index (χ3n) is 1.46. The van der Waals surface area contributed by atoms with Gasteiger partial charge in [0.1, 0.15) is 5.69 Å². The first-order chi connectivity index (χ1) is 5.65. The minimum Gasteiger partial charge on any atom is -0.376 e. The predicted octanol–water partition coefficient (Wildman–Crippen LogP) is 1.61. The number of hydrogen-bond acceptors (Lipinski definition) is 3. The van der Waals surface area contributed by atoms with Gasteiger partial charge in [-0.05, 0) is 6.07 Å². The van der Waals surface area contributed by atoms with Crippen LogP contribution in [0.25, 0.3) is 0 Å². The lowest BCUT2D eigenvalue weighted by molar-refractivity contribution is 0.111. The Morgan fingerprint density at radius 1 is 1.58 bits per heavy atom. The number of anilines is 1. The highest BCUT2D eigenvalue weighted by molar-refractivity contribution is 6.30. The minimum absolute atomic E-state index is 0.407. The van der Waals surface area contributed by atoms with Crippen molar-refractivity contribution < 1.29 is 4.79 Å². The van der Waals surface area contributed by atoms with Gasteiger partial charge < -0.3 is 4.90 Å². The lowest BCUT2D eigenvalue weighted by Crippen LogP contribution is -2.11. The molecule has 0 aliphatic rings. The first-order valence-corrected chi connectivity index (χ1v) is 3.81. The summed E-state index contributed by atoms with van der Waals surface area (Å²) in [4.78, 5) is 16.2. The van der Waals surface area contributed by atoms with Crippen molar-refractivity contribution in [1.29, 1.82) is 0 Å². The van der Waals surface area contributed by atoms with Crippen molar-refractivity contribution in [3.63, 3.8) is 0 Å². The summed E-state index contributed by atoms with van der Waals surface area (Å²) < 4.78 is 0. The van der Waals surface area contributed by atoms with Crippen LogP contribution in [0, 0.1) is 0 Å². The van der Waals surface area contributed by atoms with Crippen LogP contribution in [-0.4, -0.2) is 25.4 Å². The minimum atomic E-state index is 0.407. The van der Waals surface area contributed by atoms with Gasteiger partial charge in [-0.25, -0.2) is 4.98 Å². The summed E-state index contributed by atoms with van der Waals surface area (Å²) in [5.74, 6) is 0. The van der Waals surface area contributed by atoms with Gasteiger partial charge in [0.25, 0.3) is 0 Å². The van der Waals surface area contributed by atoms with Crippen LogP contribution >= 0.6 is 11.6 Å². The van der Waals surface area contributed by atoms with E-state index in [1.165, 1.54) is 6.20 Å². The zero-order chi connectivity index (χ0) is 9.14. The number of pyridine rings is 1. The van der Waals surface area contributed by atoms with Crippen LogP contribution in [0.2, 0.25) is 5.02 Å². The second-order valence-corrected chi connectivity index (χ2v) is 3.01. The molecule has 1 heterocycles. The molecule has 0 aliphatic heterocycles. The largest absolute Gasteiger partial charge is 0.376 e. The maximum Gasteiger partial charge on any atom is 0.170 e. The molecule has 0 aromatic carbocycles. The van der Waals surface area contributed by atoms with Crippen LogP contribution in [-0.2, 0) is 0 Å². The molecule has 0 amide bonds. The zero-order valence-corrected chi connectivity index (χ0v) is 7.67. The number of aldehydes is 1. The van der Waals surface area contributed by atoms with Crippen molar-refractivity contribution in [2.24, 2.45) is 0 Å². The molecule has 0 N–H and O–H groups in total. The van der Waals surface area contributed by atoms with Crippen LogP contribution in [0.15, 0.2) is 12.3 Å². The summed E-state index contributed by atoms with van der Waals surface area (Å²) in [6, 6.07) is 1.71. The second-order valence-electron chi connectivity index (χ2n) is 2.57. The highest BCUT2D eigenvalue weighted by Crippen LogP contribution is 2.19. The summed E-state index contributed by atoms with van der Waals surface area (Å²) >= 11 is 5.71. The Labute approximate surface area is 76.0 Å². The molecule has 1 aromatic heterocycles. The van der Waals surface area contributed by atoms with Gasteiger partial charge in [-0.15, -0.1) is 0 Å². The lowest BCUT2D eigenvalue weighted by Gasteiger charge is -2.13. The molecule has 3 nitrogen and oxygen atoms in total. The predicted molar refractivity (Wildman–Crippen MR) is 49.0 cm³/mol. The van der Waals surface area contributed by atoms with Gasteiger partial charge in [-0.1, -0.05) is 11.6 Å². The smallest absolute Gasteiger partial charge is 0.170 e. The molecule has 0 radical (unpaired) electrons. The SMILES string of the molecule is CN(C)c1cc(Cl)cnc1C=O. The van der Waals surface area contributed by atoms with Gasteiger partial charge in [0, 0.05) is 20.3 Å². The number of nitrogens with zero attached hydrogens (tertiary/aromatic N) is 2.